The zero-order valence-corrected chi connectivity index (χ0v) is 9.76. The quantitative estimate of drug-likeness (QED) is 0.781. The van der Waals surface area contributed by atoms with Gasteiger partial charge in [-0.3, -0.25) is 4.79 Å². The molecule has 1 aliphatic carbocycles. The Morgan fingerprint density at radius 1 is 1.50 bits per heavy atom. The summed E-state index contributed by atoms with van der Waals surface area (Å²) in [5.41, 5.74) is 3.24. The molecule has 0 saturated heterocycles. The number of nitrogens with one attached hydrogen (secondary N) is 1. The van der Waals surface area contributed by atoms with Gasteiger partial charge in [0.25, 0.3) is 5.56 Å². The lowest BCUT2D eigenvalue weighted by atomic mass is 9.80. The van der Waals surface area contributed by atoms with Crippen LogP contribution in [0.5, 0.6) is 0 Å². The molecule has 0 amide bonds. The van der Waals surface area contributed by atoms with E-state index in [1.165, 1.54) is 12.0 Å². The lowest BCUT2D eigenvalue weighted by Crippen LogP contribution is -2.23. The van der Waals surface area contributed by atoms with Crippen LogP contribution in [-0.4, -0.2) is 4.98 Å². The molecular formula is C13H16N2O. The highest BCUT2D eigenvalue weighted by atomic mass is 16.1. The molecule has 0 aromatic carbocycles. The summed E-state index contributed by atoms with van der Waals surface area (Å²) in [5, 5.41) is 9.02. The second-order valence-electron chi connectivity index (χ2n) is 4.54. The lowest BCUT2D eigenvalue weighted by Gasteiger charge is -2.25. The standard InChI is InChI=1S/C13H16N2O/c1-3-9-4-5-10-11(6-9)8(2)15-13(16)12(10)7-14/h9H,3-6H2,1-2H3,(H,15,16)/t9-/m1/s1. The van der Waals surface area contributed by atoms with Gasteiger partial charge in [-0.05, 0) is 43.2 Å². The SMILES string of the molecule is CC[C@@H]1CCc2c(c(C)[nH]c(=O)c2C#N)C1. The van der Waals surface area contributed by atoms with Gasteiger partial charge in [-0.25, -0.2) is 0 Å². The van der Waals surface area contributed by atoms with Crippen molar-refractivity contribution in [3.63, 3.8) is 0 Å². The van der Waals surface area contributed by atoms with Gasteiger partial charge < -0.3 is 4.98 Å². The van der Waals surface area contributed by atoms with Crippen molar-refractivity contribution in [2.24, 2.45) is 5.92 Å². The lowest BCUT2D eigenvalue weighted by molar-refractivity contribution is 0.441. The fourth-order valence-corrected chi connectivity index (χ4v) is 2.58. The number of aromatic amines is 1. The fourth-order valence-electron chi connectivity index (χ4n) is 2.58. The van der Waals surface area contributed by atoms with Crippen LogP contribution in [0.4, 0.5) is 0 Å². The van der Waals surface area contributed by atoms with Gasteiger partial charge in [0.1, 0.15) is 11.6 Å². The molecule has 3 heteroatoms. The van der Waals surface area contributed by atoms with Crippen molar-refractivity contribution in [3.8, 4) is 6.07 Å². The molecule has 2 rings (SSSR count). The number of hydrogen-bond donors (Lipinski definition) is 1. The summed E-state index contributed by atoms with van der Waals surface area (Å²) in [4.78, 5) is 14.4. The van der Waals surface area contributed by atoms with Crippen LogP contribution in [0, 0.1) is 24.2 Å². The molecule has 0 bridgehead atoms. The number of H-pyrrole nitrogens is 1. The maximum absolute atomic E-state index is 11.6. The number of hydrogen-bond acceptors (Lipinski definition) is 2. The summed E-state index contributed by atoms with van der Waals surface area (Å²) in [6.45, 7) is 4.13. The van der Waals surface area contributed by atoms with E-state index in [1.54, 1.807) is 0 Å². The highest BCUT2D eigenvalue weighted by Gasteiger charge is 2.23. The Balaban J connectivity index is 2.58. The first-order valence-corrected chi connectivity index (χ1v) is 5.82. The molecule has 1 aromatic heterocycles. The molecule has 16 heavy (non-hydrogen) atoms. The third-order valence-electron chi connectivity index (χ3n) is 3.63. The first kappa shape index (κ1) is 10.9. The van der Waals surface area contributed by atoms with Crippen molar-refractivity contribution in [1.29, 1.82) is 5.26 Å². The summed E-state index contributed by atoms with van der Waals surface area (Å²) in [6.07, 6.45) is 4.14. The second-order valence-corrected chi connectivity index (χ2v) is 4.54. The molecule has 1 aliphatic rings. The molecule has 0 saturated carbocycles. The molecule has 3 nitrogen and oxygen atoms in total. The first-order valence-electron chi connectivity index (χ1n) is 5.82. The number of rotatable bonds is 1. The van der Waals surface area contributed by atoms with Crippen molar-refractivity contribution in [2.45, 2.75) is 39.5 Å². The summed E-state index contributed by atoms with van der Waals surface area (Å²) in [7, 11) is 0. The van der Waals surface area contributed by atoms with Gasteiger partial charge in [-0.1, -0.05) is 13.3 Å². The molecule has 0 radical (unpaired) electrons. The van der Waals surface area contributed by atoms with Crippen LogP contribution in [-0.2, 0) is 12.8 Å². The summed E-state index contributed by atoms with van der Waals surface area (Å²) >= 11 is 0. The number of fused-ring (bicyclic) bond motifs is 1. The van der Waals surface area contributed by atoms with Crippen molar-refractivity contribution in [3.05, 3.63) is 32.7 Å². The predicted molar refractivity (Wildman–Crippen MR) is 62.3 cm³/mol. The maximum Gasteiger partial charge on any atom is 0.266 e. The molecule has 1 aromatic rings. The first-order chi connectivity index (χ1) is 7.67. The van der Waals surface area contributed by atoms with Gasteiger partial charge in [0.2, 0.25) is 0 Å². The Morgan fingerprint density at radius 3 is 2.88 bits per heavy atom. The number of nitriles is 1. The number of nitrogens with zero attached hydrogens (tertiary/aromatic N) is 1. The highest BCUT2D eigenvalue weighted by molar-refractivity contribution is 5.44. The van der Waals surface area contributed by atoms with E-state index in [0.717, 1.165) is 30.5 Å². The van der Waals surface area contributed by atoms with Crippen LogP contribution >= 0.6 is 0 Å². The fraction of sp³-hybridized carbons (Fsp3) is 0.538. The van der Waals surface area contributed by atoms with E-state index in [1.807, 2.05) is 13.0 Å². The average molecular weight is 216 g/mol. The smallest absolute Gasteiger partial charge is 0.266 e. The Bertz CT molecular complexity index is 508. The van der Waals surface area contributed by atoms with E-state index < -0.39 is 0 Å². The van der Waals surface area contributed by atoms with Gasteiger partial charge in [0, 0.05) is 5.69 Å². The third kappa shape index (κ3) is 1.65. The topological polar surface area (TPSA) is 56.6 Å². The zero-order chi connectivity index (χ0) is 11.7. The molecule has 0 aliphatic heterocycles. The molecule has 0 unspecified atom stereocenters. The van der Waals surface area contributed by atoms with Gasteiger partial charge in [-0.15, -0.1) is 0 Å². The van der Waals surface area contributed by atoms with E-state index >= 15 is 0 Å². The van der Waals surface area contributed by atoms with Crippen LogP contribution in [0.25, 0.3) is 0 Å². The molecule has 1 N–H and O–H groups in total. The van der Waals surface area contributed by atoms with E-state index in [2.05, 4.69) is 11.9 Å². The summed E-state index contributed by atoms with van der Waals surface area (Å²) in [5.74, 6) is 0.698. The Hall–Kier alpha value is -1.56. The van der Waals surface area contributed by atoms with Crippen molar-refractivity contribution >= 4 is 0 Å². The minimum absolute atomic E-state index is 0.228. The number of pyridine rings is 1. The van der Waals surface area contributed by atoms with E-state index in [9.17, 15) is 4.79 Å². The molecule has 84 valence electrons. The Labute approximate surface area is 95.1 Å². The Morgan fingerprint density at radius 2 is 2.25 bits per heavy atom. The predicted octanol–water partition coefficient (Wildman–Crippen LogP) is 2.07. The minimum atomic E-state index is -0.228. The molecule has 0 spiro atoms. The second kappa shape index (κ2) is 4.13. The normalized spacial score (nSPS) is 18.9. The van der Waals surface area contributed by atoms with Crippen LogP contribution < -0.4 is 5.56 Å². The minimum Gasteiger partial charge on any atom is -0.325 e. The van der Waals surface area contributed by atoms with Crippen LogP contribution in [0.1, 0.15) is 42.1 Å². The summed E-state index contributed by atoms with van der Waals surface area (Å²) in [6, 6.07) is 2.04. The Kier molecular flexibility index (Phi) is 2.82. The third-order valence-corrected chi connectivity index (χ3v) is 3.63. The molecule has 1 atom stereocenters. The molecular weight excluding hydrogens is 200 g/mol. The van der Waals surface area contributed by atoms with Crippen LogP contribution in [0.2, 0.25) is 0 Å². The van der Waals surface area contributed by atoms with Crippen LogP contribution in [0.15, 0.2) is 4.79 Å². The van der Waals surface area contributed by atoms with E-state index in [4.69, 9.17) is 5.26 Å². The molecule has 1 heterocycles. The van der Waals surface area contributed by atoms with Gasteiger partial charge in [0.15, 0.2) is 0 Å². The zero-order valence-electron chi connectivity index (χ0n) is 9.76. The van der Waals surface area contributed by atoms with Crippen LogP contribution in [0.3, 0.4) is 0 Å². The van der Waals surface area contributed by atoms with E-state index in [-0.39, 0.29) is 5.56 Å². The van der Waals surface area contributed by atoms with Crippen molar-refractivity contribution in [2.75, 3.05) is 0 Å². The van der Waals surface area contributed by atoms with E-state index in [0.29, 0.717) is 11.5 Å². The maximum atomic E-state index is 11.6. The highest BCUT2D eigenvalue weighted by Crippen LogP contribution is 2.29. The van der Waals surface area contributed by atoms with Gasteiger partial charge >= 0.3 is 0 Å². The number of aromatic nitrogens is 1. The number of aryl methyl sites for hydroxylation is 1. The van der Waals surface area contributed by atoms with Crippen molar-refractivity contribution < 1.29 is 0 Å². The van der Waals surface area contributed by atoms with Gasteiger partial charge in [-0.2, -0.15) is 5.26 Å². The average Bonchev–Trinajstić information content (AvgIpc) is 2.29. The summed E-state index contributed by atoms with van der Waals surface area (Å²) < 4.78 is 0. The monoisotopic (exact) mass is 216 g/mol. The molecule has 0 fully saturated rings. The van der Waals surface area contributed by atoms with Gasteiger partial charge in [0.05, 0.1) is 0 Å². The van der Waals surface area contributed by atoms with Crippen molar-refractivity contribution in [1.82, 2.24) is 4.98 Å². The largest absolute Gasteiger partial charge is 0.325 e.